The van der Waals surface area contributed by atoms with Gasteiger partial charge in [0.1, 0.15) is 0 Å². The highest BCUT2D eigenvalue weighted by Crippen LogP contribution is 2.31. The van der Waals surface area contributed by atoms with Gasteiger partial charge in [-0.3, -0.25) is 4.79 Å². The van der Waals surface area contributed by atoms with Gasteiger partial charge >= 0.3 is 0 Å². The van der Waals surface area contributed by atoms with Crippen LogP contribution in [0, 0.1) is 0 Å². The zero-order chi connectivity index (χ0) is 18.7. The number of amides is 1. The number of aromatic nitrogens is 1. The summed E-state index contributed by atoms with van der Waals surface area (Å²) in [5.74, 6) is 0.109. The van der Waals surface area contributed by atoms with Crippen molar-refractivity contribution in [3.05, 3.63) is 29.3 Å². The van der Waals surface area contributed by atoms with Crippen molar-refractivity contribution in [2.24, 2.45) is 15.3 Å². The molecule has 0 spiro atoms. The van der Waals surface area contributed by atoms with E-state index in [1.54, 1.807) is 6.21 Å². The molecule has 0 bridgehead atoms. The first-order chi connectivity index (χ1) is 12.5. The maximum Gasteiger partial charge on any atom is 0.240 e. The molecule has 136 valence electrons. The fraction of sp³-hybridized carbons (Fsp3) is 0.368. The summed E-state index contributed by atoms with van der Waals surface area (Å²) in [6.45, 7) is 6.54. The Morgan fingerprint density at radius 1 is 1.38 bits per heavy atom. The van der Waals surface area contributed by atoms with Gasteiger partial charge in [0.25, 0.3) is 0 Å². The Morgan fingerprint density at radius 2 is 2.19 bits per heavy atom. The van der Waals surface area contributed by atoms with Crippen LogP contribution in [0.15, 0.2) is 33.5 Å². The Hall–Kier alpha value is -2.96. The molecule has 3 rings (SSSR count). The summed E-state index contributed by atoms with van der Waals surface area (Å²) in [7, 11) is 0. The van der Waals surface area contributed by atoms with Crippen molar-refractivity contribution in [2.75, 3.05) is 0 Å². The van der Waals surface area contributed by atoms with E-state index < -0.39 is 0 Å². The van der Waals surface area contributed by atoms with Crippen LogP contribution in [0.4, 0.5) is 0 Å². The third-order valence-electron chi connectivity index (χ3n) is 4.56. The molecule has 1 aromatic heterocycles. The van der Waals surface area contributed by atoms with Gasteiger partial charge in [-0.2, -0.15) is 15.3 Å². The molecule has 0 saturated heterocycles. The number of rotatable bonds is 5. The predicted molar refractivity (Wildman–Crippen MR) is 104 cm³/mol. The molecule has 26 heavy (non-hydrogen) atoms. The summed E-state index contributed by atoms with van der Waals surface area (Å²) in [5.41, 5.74) is 6.79. The third kappa shape index (κ3) is 3.37. The van der Waals surface area contributed by atoms with Crippen molar-refractivity contribution in [1.82, 2.24) is 9.99 Å². The minimum atomic E-state index is -0.0640. The van der Waals surface area contributed by atoms with Crippen LogP contribution >= 0.6 is 0 Å². The number of nitrogens with zero attached hydrogens (tertiary/aromatic N) is 4. The predicted octanol–water partition coefficient (Wildman–Crippen LogP) is 3.19. The van der Waals surface area contributed by atoms with Gasteiger partial charge in [-0.1, -0.05) is 19.1 Å². The Bertz CT molecular complexity index is 937. The standard InChI is InChI=1S/C19H23N5O2/c1-4-12(3)21-20-11-15-14-7-6-13(16-8-9-18(25)23-22-16)10-17(14)24(5-2)19(15)26/h6-7,10-11,26H,4-5,8-9H2,1-3H3,(H,23,25)/b20-11+,21-12-. The summed E-state index contributed by atoms with van der Waals surface area (Å²) < 4.78 is 1.83. The maximum absolute atomic E-state index is 11.3. The smallest absolute Gasteiger partial charge is 0.240 e. The number of hydrazone groups is 1. The SMILES string of the molecule is CC/C(C)=N\N=C\c1c(O)n(CC)c2cc(C3=NNC(=O)CC3)ccc12. The molecular formula is C19H23N5O2. The first kappa shape index (κ1) is 17.8. The summed E-state index contributed by atoms with van der Waals surface area (Å²) in [5, 5.41) is 23.9. The molecule has 7 nitrogen and oxygen atoms in total. The third-order valence-corrected chi connectivity index (χ3v) is 4.56. The van der Waals surface area contributed by atoms with E-state index >= 15 is 0 Å². The van der Waals surface area contributed by atoms with E-state index in [1.165, 1.54) is 0 Å². The number of fused-ring (bicyclic) bond motifs is 1. The van der Waals surface area contributed by atoms with E-state index in [-0.39, 0.29) is 11.8 Å². The zero-order valence-electron chi connectivity index (χ0n) is 15.3. The van der Waals surface area contributed by atoms with Gasteiger partial charge in [-0.05, 0) is 31.9 Å². The highest BCUT2D eigenvalue weighted by molar-refractivity contribution is 6.09. The normalized spacial score (nSPS) is 15.6. The van der Waals surface area contributed by atoms with Crippen molar-refractivity contribution in [1.29, 1.82) is 0 Å². The lowest BCUT2D eigenvalue weighted by Gasteiger charge is -2.12. The van der Waals surface area contributed by atoms with Crippen LogP contribution in [0.5, 0.6) is 5.88 Å². The maximum atomic E-state index is 11.3. The van der Waals surface area contributed by atoms with Gasteiger partial charge in [0.15, 0.2) is 0 Å². The zero-order valence-corrected chi connectivity index (χ0v) is 15.3. The second-order valence-corrected chi connectivity index (χ2v) is 6.24. The van der Waals surface area contributed by atoms with E-state index in [1.807, 2.05) is 43.5 Å². The number of benzene rings is 1. The molecule has 2 aromatic rings. The average Bonchev–Trinajstić information content (AvgIpc) is 2.92. The number of hydrogen-bond acceptors (Lipinski definition) is 5. The lowest BCUT2D eigenvalue weighted by molar-refractivity contribution is -0.121. The molecule has 2 N–H and O–H groups in total. The number of carbonyl (C=O) groups excluding carboxylic acids is 1. The molecule has 0 aliphatic carbocycles. The number of hydrogen-bond donors (Lipinski definition) is 2. The van der Waals surface area contributed by atoms with Crippen LogP contribution < -0.4 is 5.43 Å². The Labute approximate surface area is 152 Å². The second-order valence-electron chi connectivity index (χ2n) is 6.24. The van der Waals surface area contributed by atoms with Crippen molar-refractivity contribution in [2.45, 2.75) is 46.6 Å². The van der Waals surface area contributed by atoms with Gasteiger partial charge in [0.05, 0.1) is 23.0 Å². The average molecular weight is 353 g/mol. The van der Waals surface area contributed by atoms with Crippen LogP contribution in [0.25, 0.3) is 10.9 Å². The van der Waals surface area contributed by atoms with Crippen LogP contribution in [-0.4, -0.2) is 33.2 Å². The molecule has 0 unspecified atom stereocenters. The van der Waals surface area contributed by atoms with Gasteiger partial charge in [-0.25, -0.2) is 5.43 Å². The van der Waals surface area contributed by atoms with Gasteiger partial charge < -0.3 is 9.67 Å². The topological polar surface area (TPSA) is 91.3 Å². The first-order valence-corrected chi connectivity index (χ1v) is 8.82. The summed E-state index contributed by atoms with van der Waals surface area (Å²) >= 11 is 0. The Kier molecular flexibility index (Phi) is 5.16. The van der Waals surface area contributed by atoms with Crippen molar-refractivity contribution in [3.63, 3.8) is 0 Å². The fourth-order valence-electron chi connectivity index (χ4n) is 2.93. The molecule has 0 fully saturated rings. The fourth-order valence-corrected chi connectivity index (χ4v) is 2.93. The van der Waals surface area contributed by atoms with Crippen LogP contribution in [0.2, 0.25) is 0 Å². The van der Waals surface area contributed by atoms with Crippen LogP contribution in [-0.2, 0) is 11.3 Å². The number of carbonyl (C=O) groups is 1. The van der Waals surface area contributed by atoms with Gasteiger partial charge in [0.2, 0.25) is 11.8 Å². The quantitative estimate of drug-likeness (QED) is 0.638. The molecule has 1 aliphatic heterocycles. The lowest BCUT2D eigenvalue weighted by Crippen LogP contribution is -2.25. The molecule has 0 saturated carbocycles. The van der Waals surface area contributed by atoms with Crippen molar-refractivity contribution < 1.29 is 9.90 Å². The van der Waals surface area contributed by atoms with Crippen LogP contribution in [0.1, 0.15) is 51.2 Å². The first-order valence-electron chi connectivity index (χ1n) is 8.82. The molecule has 2 heterocycles. The largest absolute Gasteiger partial charge is 0.494 e. The molecule has 0 radical (unpaired) electrons. The highest BCUT2D eigenvalue weighted by atomic mass is 16.3. The number of aromatic hydroxyl groups is 1. The lowest BCUT2D eigenvalue weighted by atomic mass is 10.0. The highest BCUT2D eigenvalue weighted by Gasteiger charge is 2.18. The molecular weight excluding hydrogens is 330 g/mol. The molecule has 1 aromatic carbocycles. The molecule has 7 heteroatoms. The monoisotopic (exact) mass is 353 g/mol. The van der Waals surface area contributed by atoms with E-state index in [0.29, 0.717) is 24.9 Å². The number of nitrogens with one attached hydrogen (secondary N) is 1. The van der Waals surface area contributed by atoms with E-state index in [4.69, 9.17) is 0 Å². The Morgan fingerprint density at radius 3 is 2.85 bits per heavy atom. The second kappa shape index (κ2) is 7.51. The van der Waals surface area contributed by atoms with E-state index in [0.717, 1.165) is 34.3 Å². The van der Waals surface area contributed by atoms with Crippen molar-refractivity contribution >= 4 is 34.4 Å². The Balaban J connectivity index is 2.06. The summed E-state index contributed by atoms with van der Waals surface area (Å²) in [6.07, 6.45) is 3.47. The van der Waals surface area contributed by atoms with E-state index in [2.05, 4.69) is 20.7 Å². The van der Waals surface area contributed by atoms with Gasteiger partial charge in [0, 0.05) is 30.5 Å². The molecule has 0 atom stereocenters. The number of aryl methyl sites for hydroxylation is 1. The molecule has 1 aliphatic rings. The minimum absolute atomic E-state index is 0.0640. The minimum Gasteiger partial charge on any atom is -0.494 e. The summed E-state index contributed by atoms with van der Waals surface area (Å²) in [6, 6.07) is 5.90. The summed E-state index contributed by atoms with van der Waals surface area (Å²) in [4.78, 5) is 11.3. The van der Waals surface area contributed by atoms with E-state index in [9.17, 15) is 9.90 Å². The molecule has 1 amide bonds. The van der Waals surface area contributed by atoms with Crippen molar-refractivity contribution in [3.8, 4) is 5.88 Å². The van der Waals surface area contributed by atoms with Crippen LogP contribution in [0.3, 0.4) is 0 Å². The van der Waals surface area contributed by atoms with Gasteiger partial charge in [-0.15, -0.1) is 0 Å².